The van der Waals surface area contributed by atoms with Gasteiger partial charge in [-0.2, -0.15) is 13.2 Å². The number of hydrogen-bond donors (Lipinski definition) is 0. The second kappa shape index (κ2) is 5.53. The van der Waals surface area contributed by atoms with Crippen molar-refractivity contribution < 1.29 is 13.2 Å². The maximum Gasteiger partial charge on any atom is 0.433 e. The fraction of sp³-hybridized carbons (Fsp3) is 0.667. The van der Waals surface area contributed by atoms with Gasteiger partial charge in [-0.3, -0.25) is 0 Å². The summed E-state index contributed by atoms with van der Waals surface area (Å²) in [6, 6.07) is 0.976. The van der Waals surface area contributed by atoms with E-state index in [2.05, 4.69) is 16.9 Å². The molecule has 1 aromatic heterocycles. The topological polar surface area (TPSA) is 29.0 Å². The van der Waals surface area contributed by atoms with E-state index in [-0.39, 0.29) is 11.1 Å². The van der Waals surface area contributed by atoms with Crippen LogP contribution < -0.4 is 4.90 Å². The third-order valence-electron chi connectivity index (χ3n) is 3.40. The molecule has 1 aromatic rings. The average Bonchev–Trinajstić information content (AvgIpc) is 2.37. The fourth-order valence-electron chi connectivity index (χ4n) is 2.32. The standard InChI is InChI=1S/C12H15ClF3N3/c1-2-8-4-3-5-19(7-8)10-6-9(12(14,15)16)17-11(13)18-10/h6,8H,2-5,7H2,1H3. The van der Waals surface area contributed by atoms with Gasteiger partial charge in [0.1, 0.15) is 5.82 Å². The summed E-state index contributed by atoms with van der Waals surface area (Å²) in [7, 11) is 0. The molecule has 3 nitrogen and oxygen atoms in total. The lowest BCUT2D eigenvalue weighted by Crippen LogP contribution is -2.36. The summed E-state index contributed by atoms with van der Waals surface area (Å²) in [6.07, 6.45) is -1.41. The van der Waals surface area contributed by atoms with Gasteiger partial charge >= 0.3 is 6.18 Å². The van der Waals surface area contributed by atoms with Gasteiger partial charge < -0.3 is 4.90 Å². The monoisotopic (exact) mass is 293 g/mol. The van der Waals surface area contributed by atoms with E-state index in [0.29, 0.717) is 12.5 Å². The lowest BCUT2D eigenvalue weighted by atomic mass is 9.96. The minimum absolute atomic E-state index is 0.269. The highest BCUT2D eigenvalue weighted by atomic mass is 35.5. The molecule has 0 spiro atoms. The molecule has 1 unspecified atom stereocenters. The first-order chi connectivity index (χ1) is 8.90. The van der Waals surface area contributed by atoms with Crippen molar-refractivity contribution in [2.45, 2.75) is 32.4 Å². The molecule has 1 aliphatic rings. The van der Waals surface area contributed by atoms with E-state index < -0.39 is 11.9 Å². The van der Waals surface area contributed by atoms with Crippen molar-refractivity contribution in [1.82, 2.24) is 9.97 Å². The van der Waals surface area contributed by atoms with Crippen molar-refractivity contribution in [3.63, 3.8) is 0 Å². The number of piperidine rings is 1. The summed E-state index contributed by atoms with van der Waals surface area (Å²) in [5.74, 6) is 0.766. The summed E-state index contributed by atoms with van der Waals surface area (Å²) in [5.41, 5.74) is -0.985. The average molecular weight is 294 g/mol. The van der Waals surface area contributed by atoms with Crippen molar-refractivity contribution in [2.75, 3.05) is 18.0 Å². The van der Waals surface area contributed by atoms with Gasteiger partial charge in [-0.15, -0.1) is 0 Å². The van der Waals surface area contributed by atoms with Crippen molar-refractivity contribution >= 4 is 17.4 Å². The maximum atomic E-state index is 12.7. The molecule has 0 aromatic carbocycles. The largest absolute Gasteiger partial charge is 0.433 e. The molecule has 1 aliphatic heterocycles. The number of aromatic nitrogens is 2. The molecule has 0 radical (unpaired) electrons. The first kappa shape index (κ1) is 14.4. The van der Waals surface area contributed by atoms with E-state index in [4.69, 9.17) is 11.6 Å². The predicted molar refractivity (Wildman–Crippen MR) is 67.3 cm³/mol. The smallest absolute Gasteiger partial charge is 0.356 e. The molecule has 0 aliphatic carbocycles. The van der Waals surface area contributed by atoms with Crippen LogP contribution in [0.1, 0.15) is 31.9 Å². The Labute approximate surface area is 114 Å². The second-order valence-electron chi connectivity index (χ2n) is 4.74. The number of nitrogens with zero attached hydrogens (tertiary/aromatic N) is 3. The highest BCUT2D eigenvalue weighted by Crippen LogP contribution is 2.32. The summed E-state index contributed by atoms with van der Waals surface area (Å²) in [5, 5.41) is -0.358. The van der Waals surface area contributed by atoms with Crippen LogP contribution in [0.25, 0.3) is 0 Å². The van der Waals surface area contributed by atoms with Gasteiger partial charge in [0, 0.05) is 19.2 Å². The number of anilines is 1. The normalized spacial score (nSPS) is 20.7. The molecule has 1 fully saturated rings. The van der Waals surface area contributed by atoms with Crippen LogP contribution in [0.4, 0.5) is 19.0 Å². The second-order valence-corrected chi connectivity index (χ2v) is 5.08. The zero-order valence-electron chi connectivity index (χ0n) is 10.5. The fourth-order valence-corrected chi connectivity index (χ4v) is 2.50. The summed E-state index contributed by atoms with van der Waals surface area (Å²) < 4.78 is 38.1. The molecule has 0 saturated carbocycles. The van der Waals surface area contributed by atoms with Gasteiger partial charge in [-0.05, 0) is 30.4 Å². The van der Waals surface area contributed by atoms with Crippen molar-refractivity contribution in [3.8, 4) is 0 Å². The van der Waals surface area contributed by atoms with Gasteiger partial charge in [0.15, 0.2) is 5.69 Å². The Kier molecular flexibility index (Phi) is 4.18. The zero-order chi connectivity index (χ0) is 14.0. The lowest BCUT2D eigenvalue weighted by Gasteiger charge is -2.33. The van der Waals surface area contributed by atoms with Crippen molar-refractivity contribution in [3.05, 3.63) is 17.0 Å². The Hall–Kier alpha value is -1.04. The number of rotatable bonds is 2. The molecule has 0 N–H and O–H groups in total. The summed E-state index contributed by atoms with van der Waals surface area (Å²) in [6.45, 7) is 3.52. The molecular weight excluding hydrogens is 279 g/mol. The van der Waals surface area contributed by atoms with Crippen LogP contribution in [-0.2, 0) is 6.18 Å². The molecule has 2 rings (SSSR count). The predicted octanol–water partition coefficient (Wildman–Crippen LogP) is 3.78. The Morgan fingerprint density at radius 2 is 2.16 bits per heavy atom. The molecule has 7 heteroatoms. The van der Waals surface area contributed by atoms with Crippen LogP contribution >= 0.6 is 11.6 Å². The highest BCUT2D eigenvalue weighted by Gasteiger charge is 2.34. The van der Waals surface area contributed by atoms with E-state index in [9.17, 15) is 13.2 Å². The van der Waals surface area contributed by atoms with Crippen LogP contribution in [-0.4, -0.2) is 23.1 Å². The van der Waals surface area contributed by atoms with Crippen LogP contribution in [0.5, 0.6) is 0 Å². The van der Waals surface area contributed by atoms with E-state index in [1.54, 1.807) is 0 Å². The van der Waals surface area contributed by atoms with Gasteiger partial charge in [0.05, 0.1) is 0 Å². The van der Waals surface area contributed by atoms with E-state index >= 15 is 0 Å². The molecule has 1 saturated heterocycles. The van der Waals surface area contributed by atoms with Gasteiger partial charge in [-0.25, -0.2) is 9.97 Å². The van der Waals surface area contributed by atoms with Crippen molar-refractivity contribution in [1.29, 1.82) is 0 Å². The molecule has 19 heavy (non-hydrogen) atoms. The Morgan fingerprint density at radius 3 is 2.79 bits per heavy atom. The van der Waals surface area contributed by atoms with Crippen molar-refractivity contribution in [2.24, 2.45) is 5.92 Å². The van der Waals surface area contributed by atoms with E-state index in [0.717, 1.165) is 31.9 Å². The Bertz CT molecular complexity index is 450. The lowest BCUT2D eigenvalue weighted by molar-refractivity contribution is -0.141. The zero-order valence-corrected chi connectivity index (χ0v) is 11.3. The Balaban J connectivity index is 2.26. The molecule has 2 heterocycles. The third-order valence-corrected chi connectivity index (χ3v) is 3.57. The van der Waals surface area contributed by atoms with Gasteiger partial charge in [0.25, 0.3) is 0 Å². The number of alkyl halides is 3. The summed E-state index contributed by atoms with van der Waals surface area (Å²) in [4.78, 5) is 9.02. The van der Waals surface area contributed by atoms with Crippen LogP contribution in [0, 0.1) is 5.92 Å². The van der Waals surface area contributed by atoms with Crippen LogP contribution in [0.15, 0.2) is 6.07 Å². The minimum atomic E-state index is -4.50. The minimum Gasteiger partial charge on any atom is -0.356 e. The van der Waals surface area contributed by atoms with Gasteiger partial charge in [0.2, 0.25) is 5.28 Å². The third kappa shape index (κ3) is 3.49. The van der Waals surface area contributed by atoms with Crippen LogP contribution in [0.2, 0.25) is 5.28 Å². The molecule has 0 bridgehead atoms. The van der Waals surface area contributed by atoms with E-state index in [1.165, 1.54) is 0 Å². The number of halogens is 4. The first-order valence-electron chi connectivity index (χ1n) is 6.27. The first-order valence-corrected chi connectivity index (χ1v) is 6.64. The SMILES string of the molecule is CCC1CCCN(c2cc(C(F)(F)F)nc(Cl)n2)C1. The van der Waals surface area contributed by atoms with Gasteiger partial charge in [-0.1, -0.05) is 13.3 Å². The molecule has 0 amide bonds. The number of hydrogen-bond acceptors (Lipinski definition) is 3. The highest BCUT2D eigenvalue weighted by molar-refractivity contribution is 6.28. The van der Waals surface area contributed by atoms with E-state index in [1.807, 2.05) is 4.90 Å². The molecule has 1 atom stereocenters. The Morgan fingerprint density at radius 1 is 1.42 bits per heavy atom. The quantitative estimate of drug-likeness (QED) is 0.777. The molecular formula is C12H15ClF3N3. The maximum absolute atomic E-state index is 12.7. The summed E-state index contributed by atoms with van der Waals surface area (Å²) >= 11 is 5.60. The molecule has 106 valence electrons. The van der Waals surface area contributed by atoms with Crippen LogP contribution in [0.3, 0.4) is 0 Å².